The van der Waals surface area contributed by atoms with Crippen molar-refractivity contribution in [3.63, 3.8) is 0 Å². The normalized spacial score (nSPS) is 25.3. The van der Waals surface area contributed by atoms with Crippen LogP contribution in [0.1, 0.15) is 73.3 Å². The molecular weight excluding hydrogens is 426 g/mol. The Morgan fingerprint density at radius 1 is 1.19 bits per heavy atom. The van der Waals surface area contributed by atoms with Crippen molar-refractivity contribution in [1.82, 2.24) is 10.3 Å². The van der Waals surface area contributed by atoms with Crippen LogP contribution in [-0.2, 0) is 11.2 Å². The van der Waals surface area contributed by atoms with E-state index in [0.717, 1.165) is 36.3 Å². The lowest BCUT2D eigenvalue weighted by Gasteiger charge is -2.39. The third-order valence-corrected chi connectivity index (χ3v) is 7.67. The SMILES string of the molecule is C[C@@H]1C[C@H](NC(=O)[C@@H]2CCc3sc(NC(=O)c4ccc5c(c4)OCO5)nc32)CC(C)(C)C1. The smallest absolute Gasteiger partial charge is 0.257 e. The van der Waals surface area contributed by atoms with Gasteiger partial charge in [-0.25, -0.2) is 4.98 Å². The summed E-state index contributed by atoms with van der Waals surface area (Å²) in [6, 6.07) is 5.32. The quantitative estimate of drug-likeness (QED) is 0.709. The first-order valence-corrected chi connectivity index (χ1v) is 12.1. The summed E-state index contributed by atoms with van der Waals surface area (Å²) < 4.78 is 10.6. The Kier molecular flexibility index (Phi) is 5.35. The molecule has 3 aliphatic rings. The van der Waals surface area contributed by atoms with Gasteiger partial charge < -0.3 is 14.8 Å². The van der Waals surface area contributed by atoms with Crippen molar-refractivity contribution in [2.75, 3.05) is 12.1 Å². The fraction of sp³-hybridized carbons (Fsp3) is 0.542. The maximum Gasteiger partial charge on any atom is 0.257 e. The fourth-order valence-corrected chi connectivity index (χ4v) is 6.53. The first-order chi connectivity index (χ1) is 15.3. The van der Waals surface area contributed by atoms with Crippen molar-refractivity contribution in [2.24, 2.45) is 11.3 Å². The number of aromatic nitrogens is 1. The molecule has 1 aromatic carbocycles. The molecule has 2 aromatic rings. The number of aryl methyl sites for hydroxylation is 1. The Labute approximate surface area is 191 Å². The fourth-order valence-electron chi connectivity index (χ4n) is 5.50. The van der Waals surface area contributed by atoms with Gasteiger partial charge in [-0.05, 0) is 61.6 Å². The Hall–Kier alpha value is -2.61. The zero-order chi connectivity index (χ0) is 22.5. The number of hydrogen-bond donors (Lipinski definition) is 2. The maximum absolute atomic E-state index is 13.1. The summed E-state index contributed by atoms with van der Waals surface area (Å²) in [6.45, 7) is 7.00. The highest BCUT2D eigenvalue weighted by atomic mass is 32.1. The van der Waals surface area contributed by atoms with Gasteiger partial charge in [0.2, 0.25) is 12.7 Å². The molecule has 170 valence electrons. The van der Waals surface area contributed by atoms with Gasteiger partial charge in [-0.1, -0.05) is 20.8 Å². The van der Waals surface area contributed by atoms with E-state index < -0.39 is 0 Å². The Bertz CT molecular complexity index is 1060. The van der Waals surface area contributed by atoms with Crippen LogP contribution in [0.25, 0.3) is 0 Å². The largest absolute Gasteiger partial charge is 0.454 e. The van der Waals surface area contributed by atoms with Gasteiger partial charge in [-0.15, -0.1) is 11.3 Å². The predicted molar refractivity (Wildman–Crippen MR) is 122 cm³/mol. The summed E-state index contributed by atoms with van der Waals surface area (Å²) in [5, 5.41) is 6.71. The van der Waals surface area contributed by atoms with E-state index in [4.69, 9.17) is 9.47 Å². The summed E-state index contributed by atoms with van der Waals surface area (Å²) >= 11 is 1.46. The number of ether oxygens (including phenoxy) is 2. The van der Waals surface area contributed by atoms with Crippen LogP contribution in [-0.4, -0.2) is 29.6 Å². The van der Waals surface area contributed by atoms with Crippen molar-refractivity contribution in [2.45, 2.75) is 64.8 Å². The van der Waals surface area contributed by atoms with Gasteiger partial charge >= 0.3 is 0 Å². The summed E-state index contributed by atoms with van der Waals surface area (Å²) in [6.07, 6.45) is 4.84. The van der Waals surface area contributed by atoms with Crippen LogP contribution in [0.15, 0.2) is 18.2 Å². The molecule has 7 nitrogen and oxygen atoms in total. The van der Waals surface area contributed by atoms with E-state index in [2.05, 4.69) is 36.4 Å². The second-order valence-electron chi connectivity index (χ2n) is 10.1. The van der Waals surface area contributed by atoms with Crippen molar-refractivity contribution in [3.05, 3.63) is 34.3 Å². The third-order valence-electron chi connectivity index (χ3n) is 6.62. The molecule has 2 N–H and O–H groups in total. The molecule has 32 heavy (non-hydrogen) atoms. The number of thiazole rings is 1. The van der Waals surface area contributed by atoms with Crippen LogP contribution in [0.4, 0.5) is 5.13 Å². The van der Waals surface area contributed by atoms with E-state index in [0.29, 0.717) is 28.1 Å². The van der Waals surface area contributed by atoms with E-state index >= 15 is 0 Å². The first kappa shape index (κ1) is 21.2. The zero-order valence-corrected chi connectivity index (χ0v) is 19.5. The molecule has 2 heterocycles. The minimum absolute atomic E-state index is 0.0672. The molecule has 2 aliphatic carbocycles. The van der Waals surface area contributed by atoms with Crippen molar-refractivity contribution < 1.29 is 19.1 Å². The van der Waals surface area contributed by atoms with Gasteiger partial charge in [-0.2, -0.15) is 0 Å². The van der Waals surface area contributed by atoms with E-state index in [1.165, 1.54) is 17.8 Å². The summed E-state index contributed by atoms with van der Waals surface area (Å²) in [4.78, 5) is 31.5. The van der Waals surface area contributed by atoms with Crippen LogP contribution >= 0.6 is 11.3 Å². The van der Waals surface area contributed by atoms with E-state index in [9.17, 15) is 9.59 Å². The Morgan fingerprint density at radius 3 is 2.81 bits per heavy atom. The number of fused-ring (bicyclic) bond motifs is 2. The number of hydrogen-bond acceptors (Lipinski definition) is 6. The minimum Gasteiger partial charge on any atom is -0.454 e. The summed E-state index contributed by atoms with van der Waals surface area (Å²) in [5.74, 6) is 1.39. The molecule has 1 aliphatic heterocycles. The number of rotatable bonds is 4. The molecule has 1 saturated carbocycles. The molecule has 3 atom stereocenters. The number of benzene rings is 1. The van der Waals surface area contributed by atoms with Gasteiger partial charge in [0.25, 0.3) is 5.91 Å². The van der Waals surface area contributed by atoms with Gasteiger partial charge in [0.1, 0.15) is 0 Å². The second-order valence-corrected chi connectivity index (χ2v) is 11.1. The summed E-state index contributed by atoms with van der Waals surface area (Å²) in [7, 11) is 0. The highest BCUT2D eigenvalue weighted by molar-refractivity contribution is 7.16. The van der Waals surface area contributed by atoms with Gasteiger partial charge in [0.05, 0.1) is 11.6 Å². The second kappa shape index (κ2) is 8.06. The van der Waals surface area contributed by atoms with Crippen LogP contribution in [0.2, 0.25) is 0 Å². The molecule has 1 aromatic heterocycles. The molecule has 0 spiro atoms. The third kappa shape index (κ3) is 4.20. The zero-order valence-electron chi connectivity index (χ0n) is 18.7. The van der Waals surface area contributed by atoms with Crippen LogP contribution in [0.3, 0.4) is 0 Å². The van der Waals surface area contributed by atoms with Crippen LogP contribution < -0.4 is 20.1 Å². The van der Waals surface area contributed by atoms with E-state index in [1.54, 1.807) is 18.2 Å². The lowest BCUT2D eigenvalue weighted by atomic mass is 9.70. The number of amides is 2. The van der Waals surface area contributed by atoms with Crippen LogP contribution in [0, 0.1) is 11.3 Å². The molecule has 0 bridgehead atoms. The standard InChI is InChI=1S/C24H29N3O4S/c1-13-8-15(11-24(2,3)10-13)25-22(29)16-5-7-19-20(16)26-23(32-19)27-21(28)14-4-6-17-18(9-14)31-12-30-17/h4,6,9,13,15-16H,5,7-8,10-12H2,1-3H3,(H,25,29)(H,26,27,28)/t13-,15+,16-/m1/s1. The monoisotopic (exact) mass is 455 g/mol. The van der Waals surface area contributed by atoms with Crippen molar-refractivity contribution in [1.29, 1.82) is 0 Å². The minimum atomic E-state index is -0.254. The molecule has 1 fully saturated rings. The summed E-state index contributed by atoms with van der Waals surface area (Å²) in [5.41, 5.74) is 1.55. The average Bonchev–Trinajstić information content (AvgIpc) is 3.40. The molecule has 8 heteroatoms. The molecule has 2 amide bonds. The topological polar surface area (TPSA) is 89.6 Å². The molecule has 5 rings (SSSR count). The number of nitrogens with one attached hydrogen (secondary N) is 2. The van der Waals surface area contributed by atoms with Gasteiger partial charge in [0, 0.05) is 16.5 Å². The predicted octanol–water partition coefficient (Wildman–Crippen LogP) is 4.48. The maximum atomic E-state index is 13.1. The highest BCUT2D eigenvalue weighted by Crippen LogP contribution is 2.41. The Balaban J connectivity index is 1.25. The highest BCUT2D eigenvalue weighted by Gasteiger charge is 2.37. The molecule has 0 radical (unpaired) electrons. The lowest BCUT2D eigenvalue weighted by Crippen LogP contribution is -2.44. The Morgan fingerprint density at radius 2 is 2.00 bits per heavy atom. The van der Waals surface area contributed by atoms with E-state index in [-0.39, 0.29) is 36.0 Å². The number of nitrogens with zero attached hydrogens (tertiary/aromatic N) is 1. The lowest BCUT2D eigenvalue weighted by molar-refractivity contribution is -0.123. The number of carbonyl (C=O) groups excluding carboxylic acids is 2. The first-order valence-electron chi connectivity index (χ1n) is 11.3. The average molecular weight is 456 g/mol. The van der Waals surface area contributed by atoms with Gasteiger partial charge in [-0.3, -0.25) is 14.9 Å². The molecular formula is C24H29N3O4S. The number of anilines is 1. The van der Waals surface area contributed by atoms with Crippen molar-refractivity contribution in [3.8, 4) is 11.5 Å². The number of carbonyl (C=O) groups is 2. The van der Waals surface area contributed by atoms with Gasteiger partial charge in [0.15, 0.2) is 16.6 Å². The van der Waals surface area contributed by atoms with Crippen LogP contribution in [0.5, 0.6) is 11.5 Å². The van der Waals surface area contributed by atoms with Crippen molar-refractivity contribution >= 4 is 28.3 Å². The molecule has 0 unspecified atom stereocenters. The van der Waals surface area contributed by atoms with E-state index in [1.807, 2.05) is 0 Å². The molecule has 0 saturated heterocycles.